The maximum Gasteiger partial charge on any atom is 0.254 e. The highest BCUT2D eigenvalue weighted by molar-refractivity contribution is 5.97. The number of nitrogens with zero attached hydrogens (tertiary/aromatic N) is 1. The van der Waals surface area contributed by atoms with Crippen molar-refractivity contribution >= 4 is 11.8 Å². The zero-order valence-electron chi connectivity index (χ0n) is 11.8. The molecule has 110 valence electrons. The fourth-order valence-corrected chi connectivity index (χ4v) is 2.52. The second kappa shape index (κ2) is 6.91. The van der Waals surface area contributed by atoms with Crippen molar-refractivity contribution in [2.24, 2.45) is 11.5 Å². The first kappa shape index (κ1) is 15.1. The molecule has 0 spiro atoms. The van der Waals surface area contributed by atoms with Gasteiger partial charge in [-0.1, -0.05) is 17.9 Å². The molecule has 1 aliphatic rings. The van der Waals surface area contributed by atoms with Gasteiger partial charge in [0.1, 0.15) is 6.04 Å². The van der Waals surface area contributed by atoms with E-state index in [1.165, 1.54) is 0 Å². The second-order valence-electron chi connectivity index (χ2n) is 5.00. The van der Waals surface area contributed by atoms with Gasteiger partial charge >= 0.3 is 0 Å². The summed E-state index contributed by atoms with van der Waals surface area (Å²) in [7, 11) is 0. The predicted molar refractivity (Wildman–Crippen MR) is 80.2 cm³/mol. The number of amides is 2. The monoisotopic (exact) mass is 285 g/mol. The number of piperidine rings is 1. The molecule has 0 aromatic heterocycles. The molecule has 1 saturated heterocycles. The largest absolute Gasteiger partial charge is 0.368 e. The fraction of sp³-hybridized carbons (Fsp3) is 0.375. The van der Waals surface area contributed by atoms with Crippen molar-refractivity contribution in [3.8, 4) is 11.8 Å². The molecule has 2 amide bonds. The Labute approximate surface area is 124 Å². The normalized spacial score (nSPS) is 17.8. The van der Waals surface area contributed by atoms with Crippen molar-refractivity contribution in [1.29, 1.82) is 0 Å². The van der Waals surface area contributed by atoms with Crippen LogP contribution in [-0.2, 0) is 4.79 Å². The summed E-state index contributed by atoms with van der Waals surface area (Å²) in [5.74, 6) is 5.04. The van der Waals surface area contributed by atoms with E-state index in [4.69, 9.17) is 11.5 Å². The zero-order chi connectivity index (χ0) is 15.2. The standard InChI is InChI=1S/C16H19N3O2/c17-9-4-6-12-5-3-7-13(11-12)16(21)19-10-2-1-8-14(19)15(18)20/h3,5,7,11,14H,1-2,8-10,17H2,(H2,18,20). The van der Waals surface area contributed by atoms with Crippen LogP contribution in [0, 0.1) is 11.8 Å². The third-order valence-electron chi connectivity index (χ3n) is 3.54. The number of primary amides is 1. The molecule has 21 heavy (non-hydrogen) atoms. The lowest BCUT2D eigenvalue weighted by Gasteiger charge is -2.33. The molecule has 0 bridgehead atoms. The van der Waals surface area contributed by atoms with Crippen LogP contribution in [0.2, 0.25) is 0 Å². The van der Waals surface area contributed by atoms with Gasteiger partial charge < -0.3 is 16.4 Å². The zero-order valence-corrected chi connectivity index (χ0v) is 11.8. The summed E-state index contributed by atoms with van der Waals surface area (Å²) in [6, 6.07) is 6.53. The average Bonchev–Trinajstić information content (AvgIpc) is 2.52. The van der Waals surface area contributed by atoms with Crippen LogP contribution in [0.25, 0.3) is 0 Å². The summed E-state index contributed by atoms with van der Waals surface area (Å²) in [4.78, 5) is 25.7. The van der Waals surface area contributed by atoms with Gasteiger partial charge in [-0.2, -0.15) is 0 Å². The van der Waals surface area contributed by atoms with Crippen molar-refractivity contribution in [1.82, 2.24) is 4.90 Å². The number of hydrogen-bond acceptors (Lipinski definition) is 3. The van der Waals surface area contributed by atoms with Gasteiger partial charge in [0.2, 0.25) is 5.91 Å². The maximum absolute atomic E-state index is 12.6. The molecule has 1 aromatic carbocycles. The lowest BCUT2D eigenvalue weighted by molar-refractivity contribution is -0.123. The van der Waals surface area contributed by atoms with E-state index in [1.807, 2.05) is 6.07 Å². The first-order chi connectivity index (χ1) is 10.1. The summed E-state index contributed by atoms with van der Waals surface area (Å²) < 4.78 is 0. The number of benzene rings is 1. The molecule has 0 radical (unpaired) electrons. The molecule has 2 rings (SSSR count). The Morgan fingerprint density at radius 3 is 2.86 bits per heavy atom. The summed E-state index contributed by atoms with van der Waals surface area (Å²) in [5, 5.41) is 0. The second-order valence-corrected chi connectivity index (χ2v) is 5.00. The Balaban J connectivity index is 2.24. The minimum Gasteiger partial charge on any atom is -0.368 e. The van der Waals surface area contributed by atoms with Crippen LogP contribution in [0.3, 0.4) is 0 Å². The third-order valence-corrected chi connectivity index (χ3v) is 3.54. The quantitative estimate of drug-likeness (QED) is 0.774. The van der Waals surface area contributed by atoms with Crippen molar-refractivity contribution in [2.75, 3.05) is 13.1 Å². The highest BCUT2D eigenvalue weighted by Gasteiger charge is 2.31. The molecule has 4 N–H and O–H groups in total. The van der Waals surface area contributed by atoms with Crippen LogP contribution in [0.4, 0.5) is 0 Å². The molecular formula is C16H19N3O2. The van der Waals surface area contributed by atoms with Gasteiger partial charge in [-0.15, -0.1) is 0 Å². The first-order valence-corrected chi connectivity index (χ1v) is 7.03. The van der Waals surface area contributed by atoms with Crippen LogP contribution in [0.1, 0.15) is 35.2 Å². The van der Waals surface area contributed by atoms with Crippen LogP contribution in [0.5, 0.6) is 0 Å². The van der Waals surface area contributed by atoms with Crippen molar-refractivity contribution in [3.05, 3.63) is 35.4 Å². The lowest BCUT2D eigenvalue weighted by atomic mass is 10.00. The van der Waals surface area contributed by atoms with Gasteiger partial charge in [-0.25, -0.2) is 0 Å². The molecule has 1 atom stereocenters. The van der Waals surface area contributed by atoms with E-state index in [2.05, 4.69) is 11.8 Å². The SMILES string of the molecule is NCC#Cc1cccc(C(=O)N2CCCCC2C(N)=O)c1. The number of carbonyl (C=O) groups excluding carboxylic acids is 2. The van der Waals surface area contributed by atoms with Crippen LogP contribution in [0.15, 0.2) is 24.3 Å². The topological polar surface area (TPSA) is 89.4 Å². The summed E-state index contributed by atoms with van der Waals surface area (Å²) in [6.45, 7) is 0.833. The average molecular weight is 285 g/mol. The van der Waals surface area contributed by atoms with Gasteiger partial charge in [-0.05, 0) is 37.5 Å². The van der Waals surface area contributed by atoms with Gasteiger partial charge in [0.25, 0.3) is 5.91 Å². The predicted octanol–water partition coefficient (Wildman–Crippen LogP) is 0.477. The molecule has 0 aliphatic carbocycles. The van der Waals surface area contributed by atoms with E-state index in [0.717, 1.165) is 18.4 Å². The number of likely N-dealkylation sites (tertiary alicyclic amines) is 1. The van der Waals surface area contributed by atoms with E-state index >= 15 is 0 Å². The summed E-state index contributed by atoms with van der Waals surface area (Å²) >= 11 is 0. The molecule has 1 aromatic rings. The fourth-order valence-electron chi connectivity index (χ4n) is 2.52. The Morgan fingerprint density at radius 2 is 2.14 bits per heavy atom. The molecule has 1 fully saturated rings. The van der Waals surface area contributed by atoms with Crippen molar-refractivity contribution in [3.63, 3.8) is 0 Å². The van der Waals surface area contributed by atoms with Gasteiger partial charge in [0.15, 0.2) is 0 Å². The molecule has 5 heteroatoms. The molecule has 1 unspecified atom stereocenters. The Hall–Kier alpha value is -2.32. The molecule has 1 aliphatic heterocycles. The number of rotatable bonds is 2. The van der Waals surface area contributed by atoms with E-state index in [9.17, 15) is 9.59 Å². The molecule has 0 saturated carbocycles. The highest BCUT2D eigenvalue weighted by atomic mass is 16.2. The molecular weight excluding hydrogens is 266 g/mol. The van der Waals surface area contributed by atoms with E-state index < -0.39 is 11.9 Å². The van der Waals surface area contributed by atoms with E-state index in [1.54, 1.807) is 23.1 Å². The van der Waals surface area contributed by atoms with Crippen LogP contribution >= 0.6 is 0 Å². The molecule has 5 nitrogen and oxygen atoms in total. The minimum atomic E-state index is -0.509. The number of hydrogen-bond donors (Lipinski definition) is 2. The van der Waals surface area contributed by atoms with Crippen LogP contribution < -0.4 is 11.5 Å². The van der Waals surface area contributed by atoms with Gasteiger partial charge in [0.05, 0.1) is 6.54 Å². The van der Waals surface area contributed by atoms with Crippen molar-refractivity contribution < 1.29 is 9.59 Å². The number of nitrogens with two attached hydrogens (primary N) is 2. The minimum absolute atomic E-state index is 0.171. The molecule has 1 heterocycles. The van der Waals surface area contributed by atoms with Crippen molar-refractivity contribution in [2.45, 2.75) is 25.3 Å². The Bertz CT molecular complexity index is 601. The first-order valence-electron chi connectivity index (χ1n) is 7.03. The summed E-state index contributed by atoms with van der Waals surface area (Å²) in [5.41, 5.74) is 12.0. The maximum atomic E-state index is 12.6. The third kappa shape index (κ3) is 3.61. The Kier molecular flexibility index (Phi) is 4.96. The van der Waals surface area contributed by atoms with Gasteiger partial charge in [-0.3, -0.25) is 9.59 Å². The smallest absolute Gasteiger partial charge is 0.254 e. The summed E-state index contributed by atoms with van der Waals surface area (Å²) in [6.07, 6.45) is 2.44. The number of carbonyl (C=O) groups is 2. The highest BCUT2D eigenvalue weighted by Crippen LogP contribution is 2.20. The lowest BCUT2D eigenvalue weighted by Crippen LogP contribution is -2.50. The van der Waals surface area contributed by atoms with Crippen LogP contribution in [-0.4, -0.2) is 35.8 Å². The van der Waals surface area contributed by atoms with E-state index in [-0.39, 0.29) is 12.5 Å². The van der Waals surface area contributed by atoms with E-state index in [0.29, 0.717) is 18.5 Å². The Morgan fingerprint density at radius 1 is 1.33 bits per heavy atom. The van der Waals surface area contributed by atoms with Gasteiger partial charge in [0, 0.05) is 17.7 Å².